The van der Waals surface area contributed by atoms with E-state index >= 15 is 0 Å². The molecule has 1 aliphatic heterocycles. The number of fused-ring (bicyclic) bond motifs is 1. The predicted octanol–water partition coefficient (Wildman–Crippen LogP) is 3.75. The second-order valence-corrected chi connectivity index (χ2v) is 8.78. The van der Waals surface area contributed by atoms with Gasteiger partial charge in [-0.05, 0) is 42.3 Å². The molecule has 0 N–H and O–H groups in total. The number of aromatic nitrogens is 3. The van der Waals surface area contributed by atoms with Crippen molar-refractivity contribution in [2.24, 2.45) is 0 Å². The molecule has 0 spiro atoms. The summed E-state index contributed by atoms with van der Waals surface area (Å²) < 4.78 is 7.13. The Hall–Kier alpha value is -2.71. The number of unbranched alkanes of at least 4 members (excludes halogenated alkanes) is 2. The zero-order valence-electron chi connectivity index (χ0n) is 18.3. The van der Waals surface area contributed by atoms with E-state index < -0.39 is 0 Å². The summed E-state index contributed by atoms with van der Waals surface area (Å²) in [6, 6.07) is 9.16. The molecule has 3 heterocycles. The van der Waals surface area contributed by atoms with Crippen LogP contribution in [-0.4, -0.2) is 51.6 Å². The highest BCUT2D eigenvalue weighted by Crippen LogP contribution is 2.23. The van der Waals surface area contributed by atoms with E-state index in [1.807, 2.05) is 12.1 Å². The van der Waals surface area contributed by atoms with Crippen LogP contribution in [0.1, 0.15) is 42.1 Å². The highest BCUT2D eigenvalue weighted by atomic mass is 32.2. The average Bonchev–Trinajstić information content (AvgIpc) is 2.84. The van der Waals surface area contributed by atoms with Gasteiger partial charge in [-0.3, -0.25) is 19.1 Å². The van der Waals surface area contributed by atoms with Crippen molar-refractivity contribution in [1.29, 1.82) is 0 Å². The summed E-state index contributed by atoms with van der Waals surface area (Å²) in [6.07, 6.45) is 6.61. The van der Waals surface area contributed by atoms with Crippen LogP contribution in [0, 0.1) is 0 Å². The number of benzene rings is 1. The Balaban J connectivity index is 1.67. The van der Waals surface area contributed by atoms with Gasteiger partial charge in [-0.15, -0.1) is 0 Å². The lowest BCUT2D eigenvalue weighted by Crippen LogP contribution is -2.40. The van der Waals surface area contributed by atoms with E-state index in [0.29, 0.717) is 60.2 Å². The van der Waals surface area contributed by atoms with E-state index in [1.165, 1.54) is 0 Å². The first kappa shape index (κ1) is 22.5. The van der Waals surface area contributed by atoms with Gasteiger partial charge in [-0.1, -0.05) is 31.5 Å². The molecular formula is C24H28N4O3S. The Labute approximate surface area is 191 Å². The molecule has 2 aromatic heterocycles. The zero-order chi connectivity index (χ0) is 22.3. The second kappa shape index (κ2) is 10.7. The van der Waals surface area contributed by atoms with Crippen molar-refractivity contribution in [3.63, 3.8) is 0 Å². The van der Waals surface area contributed by atoms with Crippen molar-refractivity contribution in [2.75, 3.05) is 26.3 Å². The number of carbonyl (C=O) groups excluding carboxylic acids is 1. The molecule has 0 unspecified atom stereocenters. The third-order valence-corrected chi connectivity index (χ3v) is 6.62. The van der Waals surface area contributed by atoms with Gasteiger partial charge in [0.05, 0.1) is 24.1 Å². The van der Waals surface area contributed by atoms with Gasteiger partial charge in [0.15, 0.2) is 5.16 Å². The van der Waals surface area contributed by atoms with Crippen molar-refractivity contribution >= 4 is 28.6 Å². The van der Waals surface area contributed by atoms with Gasteiger partial charge in [0.2, 0.25) is 0 Å². The maximum atomic E-state index is 13.3. The first-order valence-corrected chi connectivity index (χ1v) is 12.1. The zero-order valence-corrected chi connectivity index (χ0v) is 19.1. The Morgan fingerprint density at radius 3 is 2.66 bits per heavy atom. The van der Waals surface area contributed by atoms with Crippen LogP contribution in [0.2, 0.25) is 0 Å². The fraction of sp³-hybridized carbons (Fsp3) is 0.417. The molecule has 1 aliphatic rings. The molecule has 1 fully saturated rings. The SMILES string of the molecule is CCCCCn1c(SCc2ccncc2)nc2cc(C(=O)N3CCOCC3)ccc2c1=O. The number of nitrogens with zero attached hydrogens (tertiary/aromatic N) is 4. The minimum absolute atomic E-state index is 0.0462. The molecule has 7 nitrogen and oxygen atoms in total. The van der Waals surface area contributed by atoms with Crippen molar-refractivity contribution in [3.05, 3.63) is 64.2 Å². The summed E-state index contributed by atoms with van der Waals surface area (Å²) in [5, 5.41) is 1.24. The fourth-order valence-corrected chi connectivity index (χ4v) is 4.72. The number of morpholine rings is 1. The Bertz CT molecular complexity index is 1130. The third kappa shape index (κ3) is 5.19. The van der Waals surface area contributed by atoms with Crippen LogP contribution in [0.4, 0.5) is 0 Å². The van der Waals surface area contributed by atoms with Crippen molar-refractivity contribution in [2.45, 2.75) is 43.6 Å². The minimum Gasteiger partial charge on any atom is -0.378 e. The van der Waals surface area contributed by atoms with Crippen molar-refractivity contribution in [1.82, 2.24) is 19.4 Å². The fourth-order valence-electron chi connectivity index (χ4n) is 3.74. The molecule has 0 aliphatic carbocycles. The van der Waals surface area contributed by atoms with Gasteiger partial charge in [0.25, 0.3) is 11.5 Å². The van der Waals surface area contributed by atoms with Crippen molar-refractivity contribution < 1.29 is 9.53 Å². The van der Waals surface area contributed by atoms with Crippen LogP contribution >= 0.6 is 11.8 Å². The summed E-state index contributed by atoms with van der Waals surface area (Å²) in [5.41, 5.74) is 2.20. The summed E-state index contributed by atoms with van der Waals surface area (Å²) in [6.45, 7) is 5.05. The van der Waals surface area contributed by atoms with Gasteiger partial charge in [-0.25, -0.2) is 4.98 Å². The van der Waals surface area contributed by atoms with Gasteiger partial charge in [-0.2, -0.15) is 0 Å². The van der Waals surface area contributed by atoms with Crippen LogP contribution < -0.4 is 5.56 Å². The summed E-state index contributed by atoms with van der Waals surface area (Å²) in [7, 11) is 0. The number of hydrogen-bond donors (Lipinski definition) is 0. The van der Waals surface area contributed by atoms with E-state index in [9.17, 15) is 9.59 Å². The molecule has 168 valence electrons. The standard InChI is InChI=1S/C24H28N4O3S/c1-2-3-4-11-28-23(30)20-6-5-19(22(29)27-12-14-31-15-13-27)16-21(20)26-24(28)32-17-18-7-9-25-10-8-18/h5-10,16H,2-4,11-15,17H2,1H3. The molecule has 32 heavy (non-hydrogen) atoms. The van der Waals surface area contributed by atoms with Crippen molar-refractivity contribution in [3.8, 4) is 0 Å². The lowest BCUT2D eigenvalue weighted by molar-refractivity contribution is 0.0303. The quantitative estimate of drug-likeness (QED) is 0.294. The molecule has 1 saturated heterocycles. The number of hydrogen-bond acceptors (Lipinski definition) is 6. The lowest BCUT2D eigenvalue weighted by atomic mass is 10.1. The van der Waals surface area contributed by atoms with E-state index in [4.69, 9.17) is 9.72 Å². The Morgan fingerprint density at radius 1 is 1.12 bits per heavy atom. The maximum Gasteiger partial charge on any atom is 0.262 e. The molecule has 1 amide bonds. The molecule has 1 aromatic carbocycles. The smallest absolute Gasteiger partial charge is 0.262 e. The molecule has 0 radical (unpaired) electrons. The van der Waals surface area contributed by atoms with E-state index in [1.54, 1.807) is 51.8 Å². The molecular weight excluding hydrogens is 424 g/mol. The number of carbonyl (C=O) groups is 1. The monoisotopic (exact) mass is 452 g/mol. The summed E-state index contributed by atoms with van der Waals surface area (Å²) in [5.74, 6) is 0.649. The van der Waals surface area contributed by atoms with Crippen LogP contribution in [0.3, 0.4) is 0 Å². The molecule has 3 aromatic rings. The maximum absolute atomic E-state index is 13.3. The molecule has 8 heteroatoms. The topological polar surface area (TPSA) is 77.3 Å². The number of ether oxygens (including phenoxy) is 1. The van der Waals surface area contributed by atoms with Crippen LogP contribution in [-0.2, 0) is 17.0 Å². The van der Waals surface area contributed by atoms with Gasteiger partial charge < -0.3 is 9.64 Å². The van der Waals surface area contributed by atoms with Gasteiger partial charge >= 0.3 is 0 Å². The molecule has 0 atom stereocenters. The number of amides is 1. The van der Waals surface area contributed by atoms with Crippen LogP contribution in [0.25, 0.3) is 10.9 Å². The molecule has 4 rings (SSSR count). The largest absolute Gasteiger partial charge is 0.378 e. The summed E-state index contributed by atoms with van der Waals surface area (Å²) in [4.78, 5) is 36.9. The molecule has 0 saturated carbocycles. The average molecular weight is 453 g/mol. The molecule has 0 bridgehead atoms. The van der Waals surface area contributed by atoms with E-state index in [0.717, 1.165) is 24.8 Å². The normalized spacial score (nSPS) is 14.1. The second-order valence-electron chi connectivity index (χ2n) is 7.84. The van der Waals surface area contributed by atoms with Crippen LogP contribution in [0.15, 0.2) is 52.7 Å². The predicted molar refractivity (Wildman–Crippen MR) is 126 cm³/mol. The van der Waals surface area contributed by atoms with Gasteiger partial charge in [0.1, 0.15) is 0 Å². The summed E-state index contributed by atoms with van der Waals surface area (Å²) >= 11 is 1.54. The van der Waals surface area contributed by atoms with E-state index in [2.05, 4.69) is 11.9 Å². The highest BCUT2D eigenvalue weighted by molar-refractivity contribution is 7.98. The first-order valence-electron chi connectivity index (χ1n) is 11.1. The number of pyridine rings is 1. The Kier molecular flexibility index (Phi) is 7.55. The number of thioether (sulfide) groups is 1. The minimum atomic E-state index is -0.0475. The lowest BCUT2D eigenvalue weighted by Gasteiger charge is -2.26. The highest BCUT2D eigenvalue weighted by Gasteiger charge is 2.20. The van der Waals surface area contributed by atoms with E-state index in [-0.39, 0.29) is 11.5 Å². The van der Waals surface area contributed by atoms with Gasteiger partial charge in [0, 0.05) is 43.3 Å². The Morgan fingerprint density at radius 2 is 1.91 bits per heavy atom. The van der Waals surface area contributed by atoms with Crippen LogP contribution in [0.5, 0.6) is 0 Å². The third-order valence-electron chi connectivity index (χ3n) is 5.57. The number of rotatable bonds is 8. The first-order chi connectivity index (χ1) is 15.7.